The van der Waals surface area contributed by atoms with Gasteiger partial charge in [-0.15, -0.1) is 0 Å². The van der Waals surface area contributed by atoms with Gasteiger partial charge in [-0.3, -0.25) is 10.1 Å². The van der Waals surface area contributed by atoms with Gasteiger partial charge in [-0.25, -0.2) is 4.79 Å². The Hall–Kier alpha value is -1.92. The SMILES string of the molecule is O=C1CCN(CCc2ncon2)C(=O)N1. The Balaban J connectivity index is 1.85. The molecule has 0 spiro atoms. The average molecular weight is 210 g/mol. The van der Waals surface area contributed by atoms with E-state index in [-0.39, 0.29) is 11.9 Å². The summed E-state index contributed by atoms with van der Waals surface area (Å²) in [6, 6.07) is -0.352. The van der Waals surface area contributed by atoms with Crippen LogP contribution in [0.1, 0.15) is 12.2 Å². The summed E-state index contributed by atoms with van der Waals surface area (Å²) in [4.78, 5) is 27.5. The molecular formula is C8H10N4O3. The maximum Gasteiger partial charge on any atom is 0.324 e. The number of imide groups is 1. The third-order valence-electron chi connectivity index (χ3n) is 2.15. The van der Waals surface area contributed by atoms with Gasteiger partial charge in [0.2, 0.25) is 12.3 Å². The summed E-state index contributed by atoms with van der Waals surface area (Å²) in [5, 5.41) is 5.87. The van der Waals surface area contributed by atoms with E-state index < -0.39 is 0 Å². The first-order chi connectivity index (χ1) is 7.25. The normalized spacial score (nSPS) is 16.7. The molecule has 7 nitrogen and oxygen atoms in total. The summed E-state index contributed by atoms with van der Waals surface area (Å²) in [6.07, 6.45) is 2.12. The molecule has 3 amide bonds. The molecule has 1 saturated heterocycles. The third-order valence-corrected chi connectivity index (χ3v) is 2.15. The topological polar surface area (TPSA) is 88.3 Å². The largest absolute Gasteiger partial charge is 0.343 e. The number of aromatic nitrogens is 2. The number of hydrogen-bond donors (Lipinski definition) is 1. The summed E-state index contributed by atoms with van der Waals surface area (Å²) in [7, 11) is 0. The van der Waals surface area contributed by atoms with E-state index >= 15 is 0 Å². The van der Waals surface area contributed by atoms with Crippen molar-refractivity contribution in [3.05, 3.63) is 12.2 Å². The zero-order valence-electron chi connectivity index (χ0n) is 7.97. The van der Waals surface area contributed by atoms with Crippen LogP contribution < -0.4 is 5.32 Å². The lowest BCUT2D eigenvalue weighted by Gasteiger charge is -2.25. The quantitative estimate of drug-likeness (QED) is 0.730. The molecule has 1 aliphatic heterocycles. The maximum atomic E-state index is 11.3. The molecule has 0 aliphatic carbocycles. The Labute approximate surface area is 85.4 Å². The monoisotopic (exact) mass is 210 g/mol. The predicted molar refractivity (Wildman–Crippen MR) is 47.7 cm³/mol. The van der Waals surface area contributed by atoms with Crippen LogP contribution in [-0.2, 0) is 11.2 Å². The first-order valence-corrected chi connectivity index (χ1v) is 4.60. The van der Waals surface area contributed by atoms with Crippen LogP contribution in [0.15, 0.2) is 10.9 Å². The first-order valence-electron chi connectivity index (χ1n) is 4.60. The molecule has 2 heterocycles. The van der Waals surface area contributed by atoms with Gasteiger partial charge in [0.15, 0.2) is 5.82 Å². The van der Waals surface area contributed by atoms with Gasteiger partial charge >= 0.3 is 6.03 Å². The Kier molecular flexibility index (Phi) is 2.61. The molecule has 1 aromatic heterocycles. The molecule has 1 aromatic rings. The first kappa shape index (κ1) is 9.63. The van der Waals surface area contributed by atoms with Crippen LogP contribution in [0.3, 0.4) is 0 Å². The van der Waals surface area contributed by atoms with Crippen molar-refractivity contribution in [2.45, 2.75) is 12.8 Å². The van der Waals surface area contributed by atoms with Crippen LogP contribution >= 0.6 is 0 Å². The van der Waals surface area contributed by atoms with E-state index in [1.54, 1.807) is 4.90 Å². The minimum atomic E-state index is -0.352. The van der Waals surface area contributed by atoms with Gasteiger partial charge in [0.1, 0.15) is 0 Å². The highest BCUT2D eigenvalue weighted by Crippen LogP contribution is 2.02. The van der Waals surface area contributed by atoms with Crippen molar-refractivity contribution >= 4 is 11.9 Å². The predicted octanol–water partition coefficient (Wildman–Crippen LogP) is -0.446. The lowest BCUT2D eigenvalue weighted by Crippen LogP contribution is -2.50. The number of nitrogens with zero attached hydrogens (tertiary/aromatic N) is 3. The van der Waals surface area contributed by atoms with E-state index in [1.807, 2.05) is 0 Å². The molecule has 0 unspecified atom stereocenters. The lowest BCUT2D eigenvalue weighted by molar-refractivity contribution is -0.121. The third kappa shape index (κ3) is 2.30. The number of nitrogens with one attached hydrogen (secondary N) is 1. The Morgan fingerprint density at radius 2 is 2.40 bits per heavy atom. The van der Waals surface area contributed by atoms with Gasteiger partial charge in [0, 0.05) is 25.9 Å². The maximum absolute atomic E-state index is 11.3. The van der Waals surface area contributed by atoms with Crippen molar-refractivity contribution in [1.29, 1.82) is 0 Å². The molecule has 1 aliphatic rings. The van der Waals surface area contributed by atoms with Crippen molar-refractivity contribution in [2.24, 2.45) is 0 Å². The number of carbonyl (C=O) groups is 2. The summed E-state index contributed by atoms with van der Waals surface area (Å²) in [5.41, 5.74) is 0. The second-order valence-electron chi connectivity index (χ2n) is 3.19. The minimum Gasteiger partial charge on any atom is -0.343 e. The van der Waals surface area contributed by atoms with Crippen molar-refractivity contribution in [1.82, 2.24) is 20.4 Å². The van der Waals surface area contributed by atoms with E-state index in [1.165, 1.54) is 6.39 Å². The van der Waals surface area contributed by atoms with Crippen molar-refractivity contribution in [3.63, 3.8) is 0 Å². The molecule has 0 aromatic carbocycles. The Morgan fingerprint density at radius 3 is 3.07 bits per heavy atom. The van der Waals surface area contributed by atoms with Gasteiger partial charge in [0.25, 0.3) is 0 Å². The fourth-order valence-electron chi connectivity index (χ4n) is 1.35. The Morgan fingerprint density at radius 1 is 1.53 bits per heavy atom. The van der Waals surface area contributed by atoms with Gasteiger partial charge in [-0.1, -0.05) is 5.16 Å². The number of amides is 3. The number of urea groups is 1. The van der Waals surface area contributed by atoms with E-state index in [0.717, 1.165) is 0 Å². The van der Waals surface area contributed by atoms with E-state index in [2.05, 4.69) is 20.0 Å². The fraction of sp³-hybridized carbons (Fsp3) is 0.500. The zero-order chi connectivity index (χ0) is 10.7. The van der Waals surface area contributed by atoms with Crippen LogP contribution in [0.4, 0.5) is 4.79 Å². The molecule has 1 fully saturated rings. The minimum absolute atomic E-state index is 0.226. The second kappa shape index (κ2) is 4.07. The average Bonchev–Trinajstić information content (AvgIpc) is 2.69. The van der Waals surface area contributed by atoms with Gasteiger partial charge in [-0.05, 0) is 0 Å². The van der Waals surface area contributed by atoms with E-state index in [9.17, 15) is 9.59 Å². The van der Waals surface area contributed by atoms with Gasteiger partial charge in [-0.2, -0.15) is 4.98 Å². The number of rotatable bonds is 3. The molecule has 0 bridgehead atoms. The highest BCUT2D eigenvalue weighted by atomic mass is 16.5. The van der Waals surface area contributed by atoms with Crippen LogP contribution in [-0.4, -0.2) is 40.1 Å². The molecule has 0 radical (unpaired) electrons. The summed E-state index contributed by atoms with van der Waals surface area (Å²) < 4.78 is 4.56. The molecule has 7 heteroatoms. The van der Waals surface area contributed by atoms with Crippen molar-refractivity contribution in [2.75, 3.05) is 13.1 Å². The van der Waals surface area contributed by atoms with Crippen LogP contribution in [0, 0.1) is 0 Å². The molecule has 15 heavy (non-hydrogen) atoms. The number of hydrogen-bond acceptors (Lipinski definition) is 5. The number of carbonyl (C=O) groups excluding carboxylic acids is 2. The van der Waals surface area contributed by atoms with Crippen molar-refractivity contribution in [3.8, 4) is 0 Å². The highest BCUT2D eigenvalue weighted by Gasteiger charge is 2.22. The second-order valence-corrected chi connectivity index (χ2v) is 3.19. The van der Waals surface area contributed by atoms with Crippen LogP contribution in [0.2, 0.25) is 0 Å². The summed E-state index contributed by atoms with van der Waals surface area (Å²) >= 11 is 0. The van der Waals surface area contributed by atoms with Gasteiger partial charge < -0.3 is 9.42 Å². The van der Waals surface area contributed by atoms with Crippen molar-refractivity contribution < 1.29 is 14.1 Å². The smallest absolute Gasteiger partial charge is 0.324 e. The lowest BCUT2D eigenvalue weighted by atomic mass is 10.3. The molecular weight excluding hydrogens is 200 g/mol. The van der Waals surface area contributed by atoms with Gasteiger partial charge in [0.05, 0.1) is 0 Å². The fourth-order valence-corrected chi connectivity index (χ4v) is 1.35. The highest BCUT2D eigenvalue weighted by molar-refractivity contribution is 5.96. The Bertz CT molecular complexity index is 362. The molecule has 80 valence electrons. The zero-order valence-corrected chi connectivity index (χ0v) is 7.97. The molecule has 0 atom stereocenters. The molecule has 0 saturated carbocycles. The molecule has 2 rings (SSSR count). The van der Waals surface area contributed by atoms with Crippen LogP contribution in [0.5, 0.6) is 0 Å². The van der Waals surface area contributed by atoms with E-state index in [4.69, 9.17) is 0 Å². The molecule has 1 N–H and O–H groups in total. The summed E-state index contributed by atoms with van der Waals surface area (Å²) in [6.45, 7) is 0.932. The van der Waals surface area contributed by atoms with Crippen LogP contribution in [0.25, 0.3) is 0 Å². The van der Waals surface area contributed by atoms with E-state index in [0.29, 0.717) is 31.8 Å². The standard InChI is InChI=1S/C8H10N4O3/c13-7-2-4-12(8(14)10-7)3-1-6-9-5-15-11-6/h5H,1-4H2,(H,10,13,14). The summed E-state index contributed by atoms with van der Waals surface area (Å²) in [5.74, 6) is 0.329.